The van der Waals surface area contributed by atoms with Crippen LogP contribution in [-0.2, 0) is 17.5 Å². The Morgan fingerprint density at radius 2 is 1.76 bits per heavy atom. The SMILES string of the molecule is CCOc1cc(N2CCC(N3CCNCC3)CC2)c(CC)cc1Nc1ncc(Br)c(Nc2ccc3c(=O)n(CC)ncc3c2P(C)(C)=O)n1. The number of nitrogens with zero attached hydrogens (tertiary/aromatic N) is 6. The maximum absolute atomic E-state index is 13.6. The minimum absolute atomic E-state index is 0.210. The second kappa shape index (κ2) is 15.2. The third-order valence-electron chi connectivity index (χ3n) is 9.42. The highest BCUT2D eigenvalue weighted by Gasteiger charge is 2.27. The van der Waals surface area contributed by atoms with E-state index in [1.54, 1.807) is 37.9 Å². The average molecular weight is 753 g/mol. The number of hydrogen-bond donors (Lipinski definition) is 3. The van der Waals surface area contributed by atoms with Gasteiger partial charge >= 0.3 is 0 Å². The summed E-state index contributed by atoms with van der Waals surface area (Å²) in [5.41, 5.74) is 3.64. The van der Waals surface area contributed by atoms with Crippen LogP contribution in [0.4, 0.5) is 28.8 Å². The van der Waals surface area contributed by atoms with Crippen LogP contribution in [0.2, 0.25) is 0 Å². The molecule has 6 rings (SSSR count). The molecule has 0 radical (unpaired) electrons. The van der Waals surface area contributed by atoms with Gasteiger partial charge in [0.05, 0.1) is 34.0 Å². The second-order valence-electron chi connectivity index (χ2n) is 12.9. The molecule has 0 aliphatic carbocycles. The molecule has 2 aliphatic heterocycles. The van der Waals surface area contributed by atoms with Crippen molar-refractivity contribution in [2.75, 3.05) is 74.7 Å². The lowest BCUT2D eigenvalue weighted by molar-refractivity contribution is 0.150. The summed E-state index contributed by atoms with van der Waals surface area (Å²) in [6, 6.07) is 8.50. The molecule has 49 heavy (non-hydrogen) atoms. The normalized spacial score (nSPS) is 16.2. The van der Waals surface area contributed by atoms with Crippen molar-refractivity contribution in [1.82, 2.24) is 30.0 Å². The summed E-state index contributed by atoms with van der Waals surface area (Å²) in [5, 5.41) is 16.2. The highest BCUT2D eigenvalue weighted by atomic mass is 79.9. The summed E-state index contributed by atoms with van der Waals surface area (Å²) in [5.74, 6) is 1.61. The van der Waals surface area contributed by atoms with Gasteiger partial charge in [-0.2, -0.15) is 10.1 Å². The van der Waals surface area contributed by atoms with Crippen molar-refractivity contribution in [2.45, 2.75) is 52.6 Å². The predicted octanol–water partition coefficient (Wildman–Crippen LogP) is 5.54. The van der Waals surface area contributed by atoms with Crippen LogP contribution in [0.5, 0.6) is 5.75 Å². The second-order valence-corrected chi connectivity index (χ2v) is 17.0. The number of ether oxygens (including phenoxy) is 1. The van der Waals surface area contributed by atoms with Gasteiger partial charge in [0.15, 0.2) is 0 Å². The molecule has 2 aromatic carbocycles. The molecule has 0 unspecified atom stereocenters. The van der Waals surface area contributed by atoms with Crippen LogP contribution in [0.15, 0.2) is 45.9 Å². The minimum atomic E-state index is -2.86. The molecular formula is C35H47BrN9O3P. The van der Waals surface area contributed by atoms with E-state index in [4.69, 9.17) is 9.72 Å². The topological polar surface area (TPSA) is 130 Å². The predicted molar refractivity (Wildman–Crippen MR) is 204 cm³/mol. The van der Waals surface area contributed by atoms with Crippen LogP contribution < -0.4 is 36.5 Å². The molecule has 4 heterocycles. The lowest BCUT2D eigenvalue weighted by Crippen LogP contribution is -2.52. The van der Waals surface area contributed by atoms with Gasteiger partial charge in [-0.15, -0.1) is 0 Å². The largest absolute Gasteiger partial charge is 0.492 e. The Labute approximate surface area is 296 Å². The van der Waals surface area contributed by atoms with E-state index in [1.807, 2.05) is 13.8 Å². The number of rotatable bonds is 11. The number of hydrogen-bond acceptors (Lipinski definition) is 11. The summed E-state index contributed by atoms with van der Waals surface area (Å²) in [6.45, 7) is 16.9. The van der Waals surface area contributed by atoms with Crippen LogP contribution in [0.3, 0.4) is 0 Å². The highest BCUT2D eigenvalue weighted by molar-refractivity contribution is 9.10. The molecule has 4 aromatic rings. The van der Waals surface area contributed by atoms with E-state index in [-0.39, 0.29) is 5.56 Å². The number of halogens is 1. The van der Waals surface area contributed by atoms with Gasteiger partial charge < -0.3 is 30.2 Å². The van der Waals surface area contributed by atoms with Gasteiger partial charge in [0.1, 0.15) is 18.7 Å². The summed E-state index contributed by atoms with van der Waals surface area (Å²) in [7, 11) is -2.86. The summed E-state index contributed by atoms with van der Waals surface area (Å²) in [4.78, 5) is 27.5. The number of piperidine rings is 1. The fourth-order valence-corrected chi connectivity index (χ4v) is 8.76. The molecule has 2 aromatic heterocycles. The first-order valence-corrected chi connectivity index (χ1v) is 20.6. The monoisotopic (exact) mass is 751 g/mol. The zero-order valence-electron chi connectivity index (χ0n) is 29.1. The van der Waals surface area contributed by atoms with E-state index in [1.165, 1.54) is 15.9 Å². The lowest BCUT2D eigenvalue weighted by atomic mass is 9.99. The Bertz CT molecular complexity index is 1920. The molecule has 262 valence electrons. The van der Waals surface area contributed by atoms with Crippen LogP contribution in [-0.4, -0.2) is 89.9 Å². The van der Waals surface area contributed by atoms with E-state index in [0.717, 1.165) is 70.0 Å². The van der Waals surface area contributed by atoms with Gasteiger partial charge in [0.2, 0.25) is 5.95 Å². The number of benzene rings is 2. The van der Waals surface area contributed by atoms with E-state index >= 15 is 0 Å². The smallest absolute Gasteiger partial charge is 0.274 e. The molecule has 0 bridgehead atoms. The zero-order chi connectivity index (χ0) is 34.7. The first-order valence-electron chi connectivity index (χ1n) is 17.3. The first kappa shape index (κ1) is 35.3. The van der Waals surface area contributed by atoms with E-state index in [0.29, 0.717) is 57.2 Å². The summed E-state index contributed by atoms with van der Waals surface area (Å²) >= 11 is 3.59. The molecule has 14 heteroatoms. The Kier molecular flexibility index (Phi) is 10.9. The molecule has 2 saturated heterocycles. The number of nitrogens with one attached hydrogen (secondary N) is 3. The Balaban J connectivity index is 1.27. The van der Waals surface area contributed by atoms with Crippen LogP contribution in [0.1, 0.15) is 39.2 Å². The Morgan fingerprint density at radius 3 is 2.43 bits per heavy atom. The first-order chi connectivity index (χ1) is 23.6. The van der Waals surface area contributed by atoms with Crippen molar-refractivity contribution in [1.29, 1.82) is 0 Å². The van der Waals surface area contributed by atoms with Crippen molar-refractivity contribution < 1.29 is 9.30 Å². The lowest BCUT2D eigenvalue weighted by Gasteiger charge is -2.41. The number of aryl methyl sites for hydroxylation is 2. The fraction of sp³-hybridized carbons (Fsp3) is 0.486. The van der Waals surface area contributed by atoms with Crippen LogP contribution >= 0.6 is 23.1 Å². The summed E-state index contributed by atoms with van der Waals surface area (Å²) < 4.78 is 21.8. The number of aromatic nitrogens is 4. The quantitative estimate of drug-likeness (QED) is 0.167. The molecule has 2 aliphatic rings. The van der Waals surface area contributed by atoms with Crippen molar-refractivity contribution in [2.24, 2.45) is 0 Å². The molecule has 0 saturated carbocycles. The Hall–Kier alpha value is -3.51. The van der Waals surface area contributed by atoms with Gasteiger partial charge in [-0.05, 0) is 86.1 Å². The maximum Gasteiger partial charge on any atom is 0.274 e. The van der Waals surface area contributed by atoms with Gasteiger partial charge in [-0.1, -0.05) is 6.92 Å². The molecule has 2 fully saturated rings. The molecule has 12 nitrogen and oxygen atoms in total. The molecule has 0 amide bonds. The fourth-order valence-electron chi connectivity index (χ4n) is 7.00. The van der Waals surface area contributed by atoms with Gasteiger partial charge in [0, 0.05) is 80.5 Å². The minimum Gasteiger partial charge on any atom is -0.492 e. The molecule has 3 N–H and O–H groups in total. The van der Waals surface area contributed by atoms with Crippen LogP contribution in [0.25, 0.3) is 10.8 Å². The third kappa shape index (κ3) is 7.65. The van der Waals surface area contributed by atoms with Crippen molar-refractivity contribution >= 4 is 68.0 Å². The van der Waals surface area contributed by atoms with Crippen molar-refractivity contribution in [3.05, 3.63) is 57.0 Å². The molecule has 0 atom stereocenters. The Morgan fingerprint density at radius 1 is 1.00 bits per heavy atom. The molecule has 0 spiro atoms. The number of piperazine rings is 1. The van der Waals surface area contributed by atoms with Gasteiger partial charge in [-0.25, -0.2) is 9.67 Å². The highest BCUT2D eigenvalue weighted by Crippen LogP contribution is 2.42. The third-order valence-corrected chi connectivity index (χ3v) is 11.6. The van der Waals surface area contributed by atoms with Crippen molar-refractivity contribution in [3.63, 3.8) is 0 Å². The van der Waals surface area contributed by atoms with Gasteiger partial charge in [-0.3, -0.25) is 9.69 Å². The number of anilines is 5. The number of fused-ring (bicyclic) bond motifs is 1. The average Bonchev–Trinajstić information content (AvgIpc) is 3.10. The van der Waals surface area contributed by atoms with Gasteiger partial charge in [0.25, 0.3) is 5.56 Å². The van der Waals surface area contributed by atoms with Crippen molar-refractivity contribution in [3.8, 4) is 5.75 Å². The van der Waals surface area contributed by atoms with Crippen LogP contribution in [0, 0.1) is 0 Å². The maximum atomic E-state index is 13.6. The zero-order valence-corrected chi connectivity index (χ0v) is 31.5. The van der Waals surface area contributed by atoms with E-state index in [9.17, 15) is 9.36 Å². The van der Waals surface area contributed by atoms with E-state index in [2.05, 4.69) is 70.8 Å². The standard InChI is InChI=1S/C35H47BrN9O3P/c1-6-23-19-29(31(48-8-3)20-30(23)44-15-11-24(12-16-44)43-17-13-37-14-18-43)41-35-38-22-27(36)33(42-35)40-28-10-9-25-26(32(28)49(4,5)47)21-39-45(7-2)34(25)46/h9-10,19-22,24,37H,6-8,11-18H2,1-5H3,(H2,38,40,41,42). The summed E-state index contributed by atoms with van der Waals surface area (Å²) in [6.07, 6.45) is 6.50. The molecular weight excluding hydrogens is 705 g/mol. The van der Waals surface area contributed by atoms with E-state index < -0.39 is 7.14 Å².